The second-order valence-corrected chi connectivity index (χ2v) is 8.34. The smallest absolute Gasteiger partial charge is 0.417 e. The Balaban J connectivity index is 2.23. The molecule has 1 heterocycles. The van der Waals surface area contributed by atoms with E-state index in [4.69, 9.17) is 44.3 Å². The first-order valence-electron chi connectivity index (χ1n) is 6.00. The summed E-state index contributed by atoms with van der Waals surface area (Å²) in [4.78, 5) is 11.3. The highest BCUT2D eigenvalue weighted by Crippen LogP contribution is 2.43. The average Bonchev–Trinajstić information content (AvgIpc) is 2.62. The highest BCUT2D eigenvalue weighted by molar-refractivity contribution is 8.03. The van der Waals surface area contributed by atoms with Gasteiger partial charge in [0.25, 0.3) is 3.12 Å². The van der Waals surface area contributed by atoms with E-state index in [1.807, 2.05) is 0 Å². The van der Waals surface area contributed by atoms with Gasteiger partial charge in [0.15, 0.2) is 11.5 Å². The highest BCUT2D eigenvalue weighted by atomic mass is 35.6. The maximum atomic E-state index is 11.3. The molecule has 1 aliphatic heterocycles. The number of rotatable bonds is 3. The molecule has 1 aliphatic rings. The third-order valence-corrected chi connectivity index (χ3v) is 3.93. The summed E-state index contributed by atoms with van der Waals surface area (Å²) >= 11 is 17.5. The minimum atomic E-state index is -1.76. The fourth-order valence-electron chi connectivity index (χ4n) is 1.80. The van der Waals surface area contributed by atoms with Gasteiger partial charge in [-0.25, -0.2) is 9.10 Å². The summed E-state index contributed by atoms with van der Waals surface area (Å²) in [6.07, 6.45) is -0.446. The minimum Gasteiger partial charge on any atom is -0.490 e. The van der Waals surface area contributed by atoms with Crippen molar-refractivity contribution in [2.24, 2.45) is 0 Å². The summed E-state index contributed by atoms with van der Waals surface area (Å²) in [6.45, 7) is 1.08. The van der Waals surface area contributed by atoms with Crippen molar-refractivity contribution in [3.63, 3.8) is 0 Å². The maximum absolute atomic E-state index is 11.3. The zero-order valence-corrected chi connectivity index (χ0v) is 13.8. The Morgan fingerprint density at radius 2 is 2.05 bits per heavy atom. The lowest BCUT2D eigenvalue weighted by molar-refractivity contribution is 0.173. The molecule has 2 rings (SSSR count). The van der Waals surface area contributed by atoms with Crippen LogP contribution in [0.25, 0.3) is 0 Å². The maximum Gasteiger partial charge on any atom is 0.417 e. The molecule has 0 saturated heterocycles. The molecule has 0 radical (unpaired) electrons. The van der Waals surface area contributed by atoms with E-state index in [0.29, 0.717) is 42.2 Å². The minimum absolute atomic E-state index is 0.0143. The van der Waals surface area contributed by atoms with Crippen LogP contribution in [-0.4, -0.2) is 31.8 Å². The van der Waals surface area contributed by atoms with Gasteiger partial charge in [-0.2, -0.15) is 0 Å². The first-order valence-corrected chi connectivity index (χ1v) is 7.91. The van der Waals surface area contributed by atoms with Gasteiger partial charge in [-0.1, -0.05) is 46.9 Å². The van der Waals surface area contributed by atoms with Gasteiger partial charge in [-0.3, -0.25) is 0 Å². The quantitative estimate of drug-likeness (QED) is 0.633. The van der Waals surface area contributed by atoms with Crippen molar-refractivity contribution in [2.45, 2.75) is 16.1 Å². The van der Waals surface area contributed by atoms with Gasteiger partial charge in [0.2, 0.25) is 0 Å². The number of alkyl halides is 3. The van der Waals surface area contributed by atoms with Crippen LogP contribution in [0.5, 0.6) is 11.5 Å². The Kier molecular flexibility index (Phi) is 5.60. The standard InChI is InChI=1S/C12H12Cl3NO4S/c13-12(14,15)21-16(11(17)18)7-8-3-1-4-9-10(8)20-6-2-5-19-9/h1,3-4H,2,5-7H2,(H,17,18). The third-order valence-electron chi connectivity index (χ3n) is 2.59. The number of fused-ring (bicyclic) bond motifs is 1. The Bertz CT molecular complexity index is 524. The van der Waals surface area contributed by atoms with Crippen LogP contribution >= 0.6 is 46.8 Å². The molecule has 0 spiro atoms. The molecule has 0 aromatic heterocycles. The molecule has 0 fully saturated rings. The van der Waals surface area contributed by atoms with Crippen molar-refractivity contribution in [2.75, 3.05) is 13.2 Å². The zero-order valence-electron chi connectivity index (χ0n) is 10.7. The third kappa shape index (κ3) is 4.92. The van der Waals surface area contributed by atoms with E-state index < -0.39 is 9.22 Å². The fourth-order valence-corrected chi connectivity index (χ4v) is 3.08. The van der Waals surface area contributed by atoms with Gasteiger partial charge < -0.3 is 14.6 Å². The van der Waals surface area contributed by atoms with Crippen LogP contribution in [0.1, 0.15) is 12.0 Å². The van der Waals surface area contributed by atoms with Gasteiger partial charge in [0.1, 0.15) is 0 Å². The van der Waals surface area contributed by atoms with Crippen LogP contribution in [0, 0.1) is 0 Å². The number of hydrogen-bond acceptors (Lipinski definition) is 4. The topological polar surface area (TPSA) is 59.0 Å². The van der Waals surface area contributed by atoms with Crippen LogP contribution < -0.4 is 9.47 Å². The Morgan fingerprint density at radius 3 is 2.71 bits per heavy atom. The molecule has 5 nitrogen and oxygen atoms in total. The molecule has 1 amide bonds. The summed E-state index contributed by atoms with van der Waals surface area (Å²) in [5.41, 5.74) is 0.651. The highest BCUT2D eigenvalue weighted by Gasteiger charge is 2.29. The van der Waals surface area contributed by atoms with Gasteiger partial charge in [0, 0.05) is 23.9 Å². The Morgan fingerprint density at radius 1 is 1.33 bits per heavy atom. The Labute approximate surface area is 141 Å². The lowest BCUT2D eigenvalue weighted by Gasteiger charge is -2.23. The van der Waals surface area contributed by atoms with Crippen molar-refractivity contribution in [1.82, 2.24) is 4.31 Å². The largest absolute Gasteiger partial charge is 0.490 e. The van der Waals surface area contributed by atoms with E-state index >= 15 is 0 Å². The predicted molar refractivity (Wildman–Crippen MR) is 83.5 cm³/mol. The van der Waals surface area contributed by atoms with Crippen molar-refractivity contribution >= 4 is 52.8 Å². The second-order valence-electron chi connectivity index (χ2n) is 4.15. The number of amides is 1. The molecule has 0 atom stereocenters. The number of hydrogen-bond donors (Lipinski definition) is 1. The van der Waals surface area contributed by atoms with Crippen molar-refractivity contribution in [1.29, 1.82) is 0 Å². The van der Waals surface area contributed by atoms with Crippen molar-refractivity contribution in [3.8, 4) is 11.5 Å². The summed E-state index contributed by atoms with van der Waals surface area (Å²) in [7, 11) is 0. The molecule has 0 bridgehead atoms. The molecule has 1 aromatic carbocycles. The number of ether oxygens (including phenoxy) is 2. The number of nitrogens with zero attached hydrogens (tertiary/aromatic N) is 1. The lowest BCUT2D eigenvalue weighted by Crippen LogP contribution is -2.25. The molecular formula is C12H12Cl3NO4S. The molecule has 0 unspecified atom stereocenters. The van der Waals surface area contributed by atoms with E-state index in [1.165, 1.54) is 0 Å². The first kappa shape index (κ1) is 16.7. The predicted octanol–water partition coefficient (Wildman–Crippen LogP) is 4.30. The van der Waals surface area contributed by atoms with Gasteiger partial charge in [-0.15, -0.1) is 0 Å². The van der Waals surface area contributed by atoms with Crippen LogP contribution in [0.4, 0.5) is 4.79 Å². The molecule has 0 aliphatic carbocycles. The molecular weight excluding hydrogens is 361 g/mol. The molecule has 21 heavy (non-hydrogen) atoms. The van der Waals surface area contributed by atoms with Crippen molar-refractivity contribution < 1.29 is 19.4 Å². The number of benzene rings is 1. The number of carboxylic acid groups (broad SMARTS) is 1. The number of halogens is 3. The van der Waals surface area contributed by atoms with E-state index in [-0.39, 0.29) is 6.54 Å². The normalized spacial score (nSPS) is 14.4. The van der Waals surface area contributed by atoms with Crippen LogP contribution in [0.3, 0.4) is 0 Å². The van der Waals surface area contributed by atoms with Crippen LogP contribution in [0.2, 0.25) is 0 Å². The van der Waals surface area contributed by atoms with Gasteiger partial charge >= 0.3 is 6.09 Å². The monoisotopic (exact) mass is 371 g/mol. The lowest BCUT2D eigenvalue weighted by atomic mass is 10.2. The fraction of sp³-hybridized carbons (Fsp3) is 0.417. The van der Waals surface area contributed by atoms with Gasteiger partial charge in [0.05, 0.1) is 19.8 Å². The van der Waals surface area contributed by atoms with Crippen molar-refractivity contribution in [3.05, 3.63) is 23.8 Å². The summed E-state index contributed by atoms with van der Waals surface area (Å²) in [6, 6.07) is 5.29. The average molecular weight is 373 g/mol. The summed E-state index contributed by atoms with van der Waals surface area (Å²) in [5, 5.41) is 9.21. The number of carbonyl (C=O) groups is 1. The second kappa shape index (κ2) is 7.05. The zero-order chi connectivity index (χ0) is 15.5. The SMILES string of the molecule is O=C(O)N(Cc1cccc2c1OCCCO2)SC(Cl)(Cl)Cl. The van der Waals surface area contributed by atoms with E-state index in [1.54, 1.807) is 18.2 Å². The van der Waals surface area contributed by atoms with Gasteiger partial charge in [-0.05, 0) is 6.07 Å². The molecule has 116 valence electrons. The van der Waals surface area contributed by atoms with E-state index in [2.05, 4.69) is 0 Å². The molecule has 1 N–H and O–H groups in total. The molecule has 9 heteroatoms. The van der Waals surface area contributed by atoms with Crippen LogP contribution in [0.15, 0.2) is 18.2 Å². The number of para-hydroxylation sites is 1. The van der Waals surface area contributed by atoms with E-state index in [9.17, 15) is 9.90 Å². The van der Waals surface area contributed by atoms with Crippen LogP contribution in [-0.2, 0) is 6.54 Å². The Hall–Kier alpha value is -0.690. The molecule has 0 saturated carbocycles. The molecule has 1 aromatic rings. The summed E-state index contributed by atoms with van der Waals surface area (Å²) < 4.78 is 10.4. The first-order chi connectivity index (χ1) is 9.87. The van der Waals surface area contributed by atoms with E-state index in [0.717, 1.165) is 10.7 Å². The summed E-state index contributed by atoms with van der Waals surface area (Å²) in [5.74, 6) is 1.13.